The summed E-state index contributed by atoms with van der Waals surface area (Å²) in [6.45, 7) is 4.56. The number of benzene rings is 2. The Morgan fingerprint density at radius 2 is 1.86 bits per heavy atom. The number of anilines is 2. The standard InChI is InChI=1S/C27H36N4O6/c1-17-13-31(18(2)15-32)26(33)11-19-10-21(29(3)4)7-9-22(19)37-25(17)14-30(5)27(34)28-20-6-8-23-24(12-20)36-16-35-23/h6-10,12,17-18,25,32H,11,13-16H2,1-5H3,(H,28,34)/t17-,18+,25+/m1/s1. The number of fused-ring (bicyclic) bond motifs is 2. The van der Waals surface area contributed by atoms with E-state index in [4.69, 9.17) is 14.2 Å². The molecule has 0 unspecified atom stereocenters. The Labute approximate surface area is 217 Å². The first-order valence-corrected chi connectivity index (χ1v) is 12.4. The van der Waals surface area contributed by atoms with Crippen LogP contribution in [0.3, 0.4) is 0 Å². The van der Waals surface area contributed by atoms with E-state index in [1.165, 1.54) is 0 Å². The molecule has 0 saturated heterocycles. The monoisotopic (exact) mass is 512 g/mol. The van der Waals surface area contributed by atoms with Crippen LogP contribution in [0.4, 0.5) is 16.2 Å². The third kappa shape index (κ3) is 6.02. The fraction of sp³-hybridized carbons (Fsp3) is 0.481. The average molecular weight is 513 g/mol. The zero-order chi connectivity index (χ0) is 26.7. The molecule has 2 aliphatic rings. The van der Waals surface area contributed by atoms with E-state index in [2.05, 4.69) is 5.32 Å². The minimum absolute atomic E-state index is 0.0660. The quantitative estimate of drug-likeness (QED) is 0.614. The highest BCUT2D eigenvalue weighted by molar-refractivity contribution is 5.89. The molecule has 0 radical (unpaired) electrons. The molecule has 37 heavy (non-hydrogen) atoms. The topological polar surface area (TPSA) is 104 Å². The van der Waals surface area contributed by atoms with E-state index in [9.17, 15) is 14.7 Å². The normalized spacial score (nSPS) is 19.6. The van der Waals surface area contributed by atoms with Crippen molar-refractivity contribution in [3.63, 3.8) is 0 Å². The molecular formula is C27H36N4O6. The zero-order valence-corrected chi connectivity index (χ0v) is 22.1. The van der Waals surface area contributed by atoms with Crippen molar-refractivity contribution in [2.45, 2.75) is 32.4 Å². The van der Waals surface area contributed by atoms with Gasteiger partial charge < -0.3 is 39.3 Å². The van der Waals surface area contributed by atoms with Crippen LogP contribution in [-0.4, -0.2) is 86.6 Å². The molecule has 2 aromatic rings. The maximum Gasteiger partial charge on any atom is 0.321 e. The van der Waals surface area contributed by atoms with Gasteiger partial charge in [-0.25, -0.2) is 4.79 Å². The smallest absolute Gasteiger partial charge is 0.321 e. The van der Waals surface area contributed by atoms with Gasteiger partial charge in [-0.2, -0.15) is 0 Å². The van der Waals surface area contributed by atoms with E-state index >= 15 is 0 Å². The van der Waals surface area contributed by atoms with Crippen molar-refractivity contribution in [3.8, 4) is 17.2 Å². The zero-order valence-electron chi connectivity index (χ0n) is 22.1. The highest BCUT2D eigenvalue weighted by Gasteiger charge is 2.32. The number of hydrogen-bond acceptors (Lipinski definition) is 7. The van der Waals surface area contributed by atoms with Crippen LogP contribution in [0, 0.1) is 5.92 Å². The molecule has 0 spiro atoms. The van der Waals surface area contributed by atoms with Crippen LogP contribution in [-0.2, 0) is 11.2 Å². The van der Waals surface area contributed by atoms with E-state index in [1.807, 2.05) is 51.0 Å². The van der Waals surface area contributed by atoms with Gasteiger partial charge in [0.25, 0.3) is 0 Å². The van der Waals surface area contributed by atoms with Crippen molar-refractivity contribution in [1.82, 2.24) is 9.80 Å². The molecule has 4 rings (SSSR count). The maximum absolute atomic E-state index is 13.3. The van der Waals surface area contributed by atoms with Gasteiger partial charge >= 0.3 is 6.03 Å². The molecule has 2 aromatic carbocycles. The van der Waals surface area contributed by atoms with E-state index in [0.29, 0.717) is 36.0 Å². The highest BCUT2D eigenvalue weighted by Crippen LogP contribution is 2.34. The lowest BCUT2D eigenvalue weighted by atomic mass is 10.0. The van der Waals surface area contributed by atoms with Crippen LogP contribution in [0.1, 0.15) is 19.4 Å². The molecule has 2 N–H and O–H groups in total. The van der Waals surface area contributed by atoms with Crippen molar-refractivity contribution in [2.75, 3.05) is 57.8 Å². The second-order valence-corrected chi connectivity index (χ2v) is 9.95. The summed E-state index contributed by atoms with van der Waals surface area (Å²) in [5.74, 6) is 1.68. The Balaban J connectivity index is 1.55. The third-order valence-corrected chi connectivity index (χ3v) is 6.84. The van der Waals surface area contributed by atoms with Gasteiger partial charge in [-0.3, -0.25) is 4.79 Å². The lowest BCUT2D eigenvalue weighted by Crippen LogP contribution is -2.48. The largest absolute Gasteiger partial charge is 0.488 e. The van der Waals surface area contributed by atoms with Gasteiger partial charge in [0.15, 0.2) is 11.5 Å². The van der Waals surface area contributed by atoms with Crippen LogP contribution in [0.15, 0.2) is 36.4 Å². The van der Waals surface area contributed by atoms with Gasteiger partial charge in [-0.15, -0.1) is 0 Å². The molecule has 0 aliphatic carbocycles. The van der Waals surface area contributed by atoms with Crippen molar-refractivity contribution >= 4 is 23.3 Å². The summed E-state index contributed by atoms with van der Waals surface area (Å²) >= 11 is 0. The number of aliphatic hydroxyl groups is 1. The first kappa shape index (κ1) is 26.4. The Morgan fingerprint density at radius 3 is 2.59 bits per heavy atom. The minimum Gasteiger partial charge on any atom is -0.488 e. The number of carbonyl (C=O) groups excluding carboxylic acids is 2. The molecule has 3 atom stereocenters. The average Bonchev–Trinajstić information content (AvgIpc) is 3.35. The van der Waals surface area contributed by atoms with E-state index in [0.717, 1.165) is 11.3 Å². The SMILES string of the molecule is C[C@@H]1CN([C@@H](C)CO)C(=O)Cc2cc(N(C)C)ccc2O[C@H]1CN(C)C(=O)Nc1ccc2c(c1)OCO2. The minimum atomic E-state index is -0.393. The van der Waals surface area contributed by atoms with Crippen LogP contribution in [0.2, 0.25) is 0 Å². The predicted octanol–water partition coefficient (Wildman–Crippen LogP) is 2.79. The Morgan fingerprint density at radius 1 is 1.14 bits per heavy atom. The van der Waals surface area contributed by atoms with Crippen molar-refractivity contribution in [1.29, 1.82) is 0 Å². The molecule has 0 bridgehead atoms. The molecule has 0 fully saturated rings. The van der Waals surface area contributed by atoms with Crippen LogP contribution < -0.4 is 24.4 Å². The molecule has 2 heterocycles. The number of urea groups is 1. The number of rotatable bonds is 6. The summed E-state index contributed by atoms with van der Waals surface area (Å²) in [6, 6.07) is 10.4. The number of likely N-dealkylation sites (N-methyl/N-ethyl adjacent to an activating group) is 1. The van der Waals surface area contributed by atoms with Gasteiger partial charge in [0.1, 0.15) is 11.9 Å². The van der Waals surface area contributed by atoms with Gasteiger partial charge in [-0.05, 0) is 37.3 Å². The third-order valence-electron chi connectivity index (χ3n) is 6.84. The van der Waals surface area contributed by atoms with Crippen LogP contribution in [0.5, 0.6) is 17.2 Å². The van der Waals surface area contributed by atoms with Crippen molar-refractivity contribution in [3.05, 3.63) is 42.0 Å². The van der Waals surface area contributed by atoms with E-state index < -0.39 is 6.10 Å². The second kappa shape index (κ2) is 11.2. The number of hydrogen-bond donors (Lipinski definition) is 2. The maximum atomic E-state index is 13.3. The van der Waals surface area contributed by atoms with Crippen LogP contribution in [0.25, 0.3) is 0 Å². The first-order chi connectivity index (χ1) is 17.7. The molecule has 3 amide bonds. The van der Waals surface area contributed by atoms with Crippen molar-refractivity contribution in [2.24, 2.45) is 5.92 Å². The number of carbonyl (C=O) groups is 2. The van der Waals surface area contributed by atoms with Gasteiger partial charge in [0.05, 0.1) is 25.6 Å². The molecule has 200 valence electrons. The van der Waals surface area contributed by atoms with E-state index in [1.54, 1.807) is 35.0 Å². The van der Waals surface area contributed by atoms with Crippen LogP contribution >= 0.6 is 0 Å². The summed E-state index contributed by atoms with van der Waals surface area (Å²) in [4.78, 5) is 31.6. The summed E-state index contributed by atoms with van der Waals surface area (Å²) in [6.07, 6.45) is -0.225. The summed E-state index contributed by atoms with van der Waals surface area (Å²) in [5.41, 5.74) is 2.33. The van der Waals surface area contributed by atoms with Gasteiger partial charge in [-0.1, -0.05) is 6.92 Å². The number of nitrogens with zero attached hydrogens (tertiary/aromatic N) is 3. The highest BCUT2D eigenvalue weighted by atomic mass is 16.7. The van der Waals surface area contributed by atoms with E-state index in [-0.39, 0.29) is 43.7 Å². The Bertz CT molecular complexity index is 1140. The molecule has 10 nitrogen and oxygen atoms in total. The molecular weight excluding hydrogens is 476 g/mol. The van der Waals surface area contributed by atoms with Crippen molar-refractivity contribution < 1.29 is 28.9 Å². The number of nitrogens with one attached hydrogen (secondary N) is 1. The summed E-state index contributed by atoms with van der Waals surface area (Å²) in [5, 5.41) is 12.7. The predicted molar refractivity (Wildman–Crippen MR) is 141 cm³/mol. The molecule has 2 aliphatic heterocycles. The number of ether oxygens (including phenoxy) is 3. The fourth-order valence-electron chi connectivity index (χ4n) is 4.46. The fourth-order valence-corrected chi connectivity index (χ4v) is 4.46. The van der Waals surface area contributed by atoms with Gasteiger partial charge in [0.2, 0.25) is 12.7 Å². The lowest BCUT2D eigenvalue weighted by molar-refractivity contribution is -0.134. The second-order valence-electron chi connectivity index (χ2n) is 9.95. The Hall–Kier alpha value is -3.66. The number of amides is 3. The first-order valence-electron chi connectivity index (χ1n) is 12.4. The lowest BCUT2D eigenvalue weighted by Gasteiger charge is -2.34. The molecule has 10 heteroatoms. The number of aliphatic hydroxyl groups excluding tert-OH is 1. The molecule has 0 saturated carbocycles. The summed E-state index contributed by atoms with van der Waals surface area (Å²) < 4.78 is 17.2. The molecule has 0 aromatic heterocycles. The summed E-state index contributed by atoms with van der Waals surface area (Å²) in [7, 11) is 5.59. The van der Waals surface area contributed by atoms with Gasteiger partial charge in [0, 0.05) is 56.6 Å². The Kier molecular flexibility index (Phi) is 7.97.